The Hall–Kier alpha value is -0.720. The highest BCUT2D eigenvalue weighted by Crippen LogP contribution is 2.25. The second-order valence-electron chi connectivity index (χ2n) is 4.82. The summed E-state index contributed by atoms with van der Waals surface area (Å²) in [7, 11) is -2.97. The number of hydrogen-bond donors (Lipinski definition) is 1. The summed E-state index contributed by atoms with van der Waals surface area (Å²) >= 11 is 7.23. The van der Waals surface area contributed by atoms with E-state index in [2.05, 4.69) is 5.32 Å². The van der Waals surface area contributed by atoms with Crippen molar-refractivity contribution in [2.24, 2.45) is 0 Å². The lowest BCUT2D eigenvalue weighted by atomic mass is 10.2. The highest BCUT2D eigenvalue weighted by atomic mass is 35.5. The average Bonchev–Trinajstić information content (AvgIpc) is 2.71. The van der Waals surface area contributed by atoms with E-state index in [9.17, 15) is 13.2 Å². The van der Waals surface area contributed by atoms with Gasteiger partial charge in [-0.05, 0) is 37.6 Å². The number of carbonyl (C=O) groups excluding carboxylic acids is 1. The summed E-state index contributed by atoms with van der Waals surface area (Å²) in [4.78, 5) is 13.0. The zero-order chi connectivity index (χ0) is 14.8. The van der Waals surface area contributed by atoms with Gasteiger partial charge in [-0.15, -0.1) is 11.8 Å². The van der Waals surface area contributed by atoms with Crippen LogP contribution in [0, 0.1) is 0 Å². The molecule has 1 aromatic rings. The number of hydrogen-bond acceptors (Lipinski definition) is 4. The molecule has 1 aromatic carbocycles. The molecule has 0 radical (unpaired) electrons. The van der Waals surface area contributed by atoms with Crippen LogP contribution in [0.4, 0.5) is 0 Å². The molecule has 2 atom stereocenters. The molecular formula is C13H16ClNO3S2. The zero-order valence-corrected chi connectivity index (χ0v) is 13.4. The third-order valence-corrected chi connectivity index (χ3v) is 6.21. The van der Waals surface area contributed by atoms with Crippen LogP contribution in [0.25, 0.3) is 0 Å². The molecule has 0 bridgehead atoms. The van der Waals surface area contributed by atoms with E-state index in [1.165, 1.54) is 11.8 Å². The Morgan fingerprint density at radius 1 is 1.40 bits per heavy atom. The van der Waals surface area contributed by atoms with Crippen LogP contribution in [0.5, 0.6) is 0 Å². The predicted molar refractivity (Wildman–Crippen MR) is 82.0 cm³/mol. The maximum Gasteiger partial charge on any atom is 0.233 e. The van der Waals surface area contributed by atoms with Crippen LogP contribution in [-0.2, 0) is 14.6 Å². The minimum Gasteiger partial charge on any atom is -0.351 e. The number of amides is 1. The van der Waals surface area contributed by atoms with Crippen LogP contribution < -0.4 is 5.32 Å². The number of nitrogens with one attached hydrogen (secondary N) is 1. The van der Waals surface area contributed by atoms with E-state index in [1.54, 1.807) is 19.1 Å². The number of sulfone groups is 1. The summed E-state index contributed by atoms with van der Waals surface area (Å²) in [5, 5.41) is 3.18. The van der Waals surface area contributed by atoms with Gasteiger partial charge in [-0.25, -0.2) is 8.42 Å². The number of halogens is 1. The van der Waals surface area contributed by atoms with Gasteiger partial charge in [0.15, 0.2) is 9.84 Å². The molecule has 0 unspecified atom stereocenters. The molecule has 0 saturated carbocycles. The Labute approximate surface area is 128 Å². The molecule has 1 aliphatic rings. The fourth-order valence-corrected chi connectivity index (χ4v) is 4.67. The first-order valence-corrected chi connectivity index (χ1v) is 9.37. The van der Waals surface area contributed by atoms with Gasteiger partial charge in [0.25, 0.3) is 0 Å². The summed E-state index contributed by atoms with van der Waals surface area (Å²) in [6.07, 6.45) is 0.506. The summed E-state index contributed by atoms with van der Waals surface area (Å²) in [6.45, 7) is 1.80. The molecule has 4 nitrogen and oxygen atoms in total. The van der Waals surface area contributed by atoms with E-state index in [4.69, 9.17) is 11.6 Å². The lowest BCUT2D eigenvalue weighted by Gasteiger charge is -2.15. The number of rotatable bonds is 4. The topological polar surface area (TPSA) is 63.2 Å². The van der Waals surface area contributed by atoms with Crippen molar-refractivity contribution in [2.45, 2.75) is 29.5 Å². The van der Waals surface area contributed by atoms with Gasteiger partial charge in [-0.3, -0.25) is 4.79 Å². The third-order valence-electron chi connectivity index (χ3n) is 3.07. The quantitative estimate of drug-likeness (QED) is 0.857. The van der Waals surface area contributed by atoms with Crippen LogP contribution in [0.2, 0.25) is 5.02 Å². The van der Waals surface area contributed by atoms with Gasteiger partial charge in [0.05, 0.1) is 16.8 Å². The first-order chi connectivity index (χ1) is 9.35. The SMILES string of the molecule is C[C@H](Sc1ccc(Cl)cc1)C(=O)N[C@H]1CCS(=O)(=O)C1. The molecule has 7 heteroatoms. The van der Waals surface area contributed by atoms with Gasteiger partial charge < -0.3 is 5.32 Å². The van der Waals surface area contributed by atoms with Crippen molar-refractivity contribution in [3.63, 3.8) is 0 Å². The Bertz CT molecular complexity index is 586. The molecule has 110 valence electrons. The Morgan fingerprint density at radius 3 is 2.60 bits per heavy atom. The Balaban J connectivity index is 1.88. The lowest BCUT2D eigenvalue weighted by molar-refractivity contribution is -0.120. The molecule has 1 amide bonds. The number of thioether (sulfide) groups is 1. The molecule has 1 heterocycles. The van der Waals surface area contributed by atoms with Crippen LogP contribution >= 0.6 is 23.4 Å². The summed E-state index contributed by atoms with van der Waals surface area (Å²) < 4.78 is 22.7. The third kappa shape index (κ3) is 4.40. The molecule has 0 aliphatic carbocycles. The average molecular weight is 334 g/mol. The predicted octanol–water partition coefficient (Wildman–Crippen LogP) is 2.12. The molecule has 1 N–H and O–H groups in total. The van der Waals surface area contributed by atoms with Crippen molar-refractivity contribution in [3.8, 4) is 0 Å². The van der Waals surface area contributed by atoms with Gasteiger partial charge in [-0.2, -0.15) is 0 Å². The molecule has 1 fully saturated rings. The van der Waals surface area contributed by atoms with E-state index in [0.717, 1.165) is 4.90 Å². The lowest BCUT2D eigenvalue weighted by Crippen LogP contribution is -2.39. The van der Waals surface area contributed by atoms with Gasteiger partial charge in [0.1, 0.15) is 0 Å². The number of carbonyl (C=O) groups is 1. The fourth-order valence-electron chi connectivity index (χ4n) is 2.00. The van der Waals surface area contributed by atoms with Crippen molar-refractivity contribution in [2.75, 3.05) is 11.5 Å². The minimum atomic E-state index is -2.97. The van der Waals surface area contributed by atoms with Gasteiger partial charge >= 0.3 is 0 Å². The maximum atomic E-state index is 12.0. The summed E-state index contributed by atoms with van der Waals surface area (Å²) in [5.41, 5.74) is 0. The molecule has 0 aromatic heterocycles. The van der Waals surface area contributed by atoms with Gasteiger partial charge in [-0.1, -0.05) is 11.6 Å². The molecular weight excluding hydrogens is 318 g/mol. The maximum absolute atomic E-state index is 12.0. The Kier molecular flexibility index (Phi) is 4.99. The molecule has 1 aliphatic heterocycles. The highest BCUT2D eigenvalue weighted by Gasteiger charge is 2.30. The van der Waals surface area contributed by atoms with Crippen LogP contribution in [-0.4, -0.2) is 37.1 Å². The fraction of sp³-hybridized carbons (Fsp3) is 0.462. The van der Waals surface area contributed by atoms with Crippen molar-refractivity contribution >= 4 is 39.1 Å². The highest BCUT2D eigenvalue weighted by molar-refractivity contribution is 8.00. The van der Waals surface area contributed by atoms with E-state index in [1.807, 2.05) is 12.1 Å². The molecule has 1 saturated heterocycles. The minimum absolute atomic E-state index is 0.0527. The van der Waals surface area contributed by atoms with Crippen LogP contribution in [0.1, 0.15) is 13.3 Å². The van der Waals surface area contributed by atoms with Crippen molar-refractivity contribution in [3.05, 3.63) is 29.3 Å². The normalized spacial score (nSPS) is 22.4. The molecule has 2 rings (SSSR count). The van der Waals surface area contributed by atoms with Gasteiger partial charge in [0.2, 0.25) is 5.91 Å². The zero-order valence-electron chi connectivity index (χ0n) is 11.0. The Morgan fingerprint density at radius 2 is 2.05 bits per heavy atom. The van der Waals surface area contributed by atoms with E-state index >= 15 is 0 Å². The first-order valence-electron chi connectivity index (χ1n) is 6.29. The standard InChI is InChI=1S/C13H16ClNO3S2/c1-9(19-12-4-2-10(14)3-5-12)13(16)15-11-6-7-20(17,18)8-11/h2-5,9,11H,6-8H2,1H3,(H,15,16)/t9-,11-/m0/s1. The van der Waals surface area contributed by atoms with Crippen molar-refractivity contribution in [1.29, 1.82) is 0 Å². The van der Waals surface area contributed by atoms with Crippen LogP contribution in [0.15, 0.2) is 29.2 Å². The van der Waals surface area contributed by atoms with Gasteiger partial charge in [0, 0.05) is 16.0 Å². The van der Waals surface area contributed by atoms with E-state index in [0.29, 0.717) is 11.4 Å². The van der Waals surface area contributed by atoms with Crippen molar-refractivity contribution < 1.29 is 13.2 Å². The monoisotopic (exact) mass is 333 g/mol. The van der Waals surface area contributed by atoms with Crippen LogP contribution in [0.3, 0.4) is 0 Å². The number of benzene rings is 1. The largest absolute Gasteiger partial charge is 0.351 e. The second-order valence-corrected chi connectivity index (χ2v) is 8.90. The second kappa shape index (κ2) is 6.37. The van der Waals surface area contributed by atoms with Crippen molar-refractivity contribution in [1.82, 2.24) is 5.32 Å². The molecule has 0 spiro atoms. The van der Waals surface area contributed by atoms with E-state index in [-0.39, 0.29) is 28.7 Å². The molecule has 20 heavy (non-hydrogen) atoms. The first kappa shape index (κ1) is 15.7. The summed E-state index contributed by atoms with van der Waals surface area (Å²) in [5.74, 6) is 0.0836. The van der Waals surface area contributed by atoms with E-state index < -0.39 is 9.84 Å². The smallest absolute Gasteiger partial charge is 0.233 e. The summed E-state index contributed by atoms with van der Waals surface area (Å²) in [6, 6.07) is 7.02.